The average molecular weight is 319 g/mol. The van der Waals surface area contributed by atoms with Gasteiger partial charge in [0, 0.05) is 18.4 Å². The number of pyridine rings is 1. The van der Waals surface area contributed by atoms with Gasteiger partial charge in [-0.3, -0.25) is 4.72 Å². The van der Waals surface area contributed by atoms with E-state index in [9.17, 15) is 12.8 Å². The molecule has 0 aromatic carbocycles. The van der Waals surface area contributed by atoms with Crippen LogP contribution in [0.3, 0.4) is 0 Å². The molecule has 2 heterocycles. The molecule has 0 saturated heterocycles. The Bertz CT molecular complexity index is 730. The van der Waals surface area contributed by atoms with E-state index in [4.69, 9.17) is 11.6 Å². The zero-order valence-corrected chi connectivity index (χ0v) is 12.3. The molecule has 0 aliphatic rings. The van der Waals surface area contributed by atoms with Crippen LogP contribution in [0.2, 0.25) is 5.15 Å². The van der Waals surface area contributed by atoms with Crippen LogP contribution in [0.15, 0.2) is 29.8 Å². The lowest BCUT2D eigenvalue weighted by molar-refractivity contribution is 0.590. The van der Waals surface area contributed by atoms with E-state index in [1.807, 2.05) is 13.8 Å². The number of aromatic nitrogens is 3. The van der Waals surface area contributed by atoms with Crippen LogP contribution in [0.25, 0.3) is 0 Å². The fourth-order valence-corrected chi connectivity index (χ4v) is 2.59. The van der Waals surface area contributed by atoms with E-state index < -0.39 is 21.0 Å². The van der Waals surface area contributed by atoms with Crippen LogP contribution in [0, 0.1) is 5.82 Å². The van der Waals surface area contributed by atoms with Gasteiger partial charge in [-0.05, 0) is 19.9 Å². The number of hydrogen-bond acceptors (Lipinski definition) is 4. The Hall–Kier alpha value is -1.67. The quantitative estimate of drug-likeness (QED) is 0.878. The third kappa shape index (κ3) is 2.91. The maximum Gasteiger partial charge on any atom is 0.281 e. The summed E-state index contributed by atoms with van der Waals surface area (Å²) in [4.78, 5) is 7.30. The molecule has 0 fully saturated rings. The minimum atomic E-state index is -3.97. The van der Waals surface area contributed by atoms with Gasteiger partial charge in [0.05, 0.1) is 12.0 Å². The van der Waals surface area contributed by atoms with E-state index in [2.05, 4.69) is 14.7 Å². The number of nitrogens with one attached hydrogen (secondary N) is 1. The molecule has 0 radical (unpaired) electrons. The van der Waals surface area contributed by atoms with E-state index in [0.717, 1.165) is 0 Å². The minimum absolute atomic E-state index is 0.0681. The van der Waals surface area contributed by atoms with Crippen molar-refractivity contribution in [2.45, 2.75) is 24.9 Å². The molecule has 20 heavy (non-hydrogen) atoms. The largest absolute Gasteiger partial charge is 0.334 e. The third-order valence-electron chi connectivity index (χ3n) is 2.54. The molecular weight excluding hydrogens is 307 g/mol. The molecule has 0 aliphatic carbocycles. The second kappa shape index (κ2) is 5.37. The summed E-state index contributed by atoms with van der Waals surface area (Å²) >= 11 is 5.49. The van der Waals surface area contributed by atoms with Gasteiger partial charge in [-0.1, -0.05) is 11.6 Å². The van der Waals surface area contributed by atoms with Gasteiger partial charge in [0.25, 0.3) is 10.0 Å². The molecule has 0 amide bonds. The highest BCUT2D eigenvalue weighted by atomic mass is 35.5. The van der Waals surface area contributed by atoms with Gasteiger partial charge in [-0.15, -0.1) is 0 Å². The monoisotopic (exact) mass is 318 g/mol. The molecule has 2 aromatic heterocycles. The summed E-state index contributed by atoms with van der Waals surface area (Å²) in [5.74, 6) is -0.930. The summed E-state index contributed by atoms with van der Waals surface area (Å²) < 4.78 is 41.5. The van der Waals surface area contributed by atoms with Crippen LogP contribution in [-0.2, 0) is 10.0 Å². The predicted octanol–water partition coefficient (Wildman–Crippen LogP) is 2.45. The van der Waals surface area contributed by atoms with Crippen LogP contribution in [0.1, 0.15) is 19.9 Å². The predicted molar refractivity (Wildman–Crippen MR) is 72.6 cm³/mol. The van der Waals surface area contributed by atoms with Gasteiger partial charge < -0.3 is 4.57 Å². The Morgan fingerprint density at radius 3 is 2.70 bits per heavy atom. The highest BCUT2D eigenvalue weighted by molar-refractivity contribution is 7.92. The van der Waals surface area contributed by atoms with Crippen LogP contribution in [0.4, 0.5) is 10.1 Å². The summed E-state index contributed by atoms with van der Waals surface area (Å²) in [6.45, 7) is 3.77. The van der Waals surface area contributed by atoms with E-state index in [1.54, 1.807) is 4.57 Å². The van der Waals surface area contributed by atoms with Crippen LogP contribution < -0.4 is 4.72 Å². The van der Waals surface area contributed by atoms with E-state index in [1.165, 1.54) is 24.8 Å². The molecule has 6 nitrogen and oxygen atoms in total. The van der Waals surface area contributed by atoms with Crippen LogP contribution in [-0.4, -0.2) is 23.0 Å². The number of nitrogens with zero attached hydrogens (tertiary/aromatic N) is 3. The van der Waals surface area contributed by atoms with E-state index in [0.29, 0.717) is 0 Å². The normalized spacial score (nSPS) is 11.8. The molecule has 0 bridgehead atoms. The molecular formula is C11H12ClFN4O2S. The van der Waals surface area contributed by atoms with Crippen molar-refractivity contribution in [2.75, 3.05) is 4.72 Å². The van der Waals surface area contributed by atoms with Gasteiger partial charge in [0.15, 0.2) is 16.0 Å². The second-order valence-corrected chi connectivity index (χ2v) is 6.31. The first kappa shape index (κ1) is 14.7. The zero-order valence-electron chi connectivity index (χ0n) is 10.7. The number of anilines is 1. The molecule has 0 aliphatic heterocycles. The molecule has 0 atom stereocenters. The minimum Gasteiger partial charge on any atom is -0.334 e. The first-order valence-corrected chi connectivity index (χ1v) is 7.53. The van der Waals surface area contributed by atoms with Gasteiger partial charge in [-0.25, -0.2) is 14.4 Å². The molecule has 0 saturated carbocycles. The number of sulfonamides is 1. The van der Waals surface area contributed by atoms with Crippen molar-refractivity contribution in [2.24, 2.45) is 0 Å². The Balaban J connectivity index is 2.33. The fraction of sp³-hybridized carbons (Fsp3) is 0.273. The van der Waals surface area contributed by atoms with Gasteiger partial charge >= 0.3 is 0 Å². The Labute approximate surface area is 120 Å². The molecule has 1 N–H and O–H groups in total. The van der Waals surface area contributed by atoms with Crippen molar-refractivity contribution in [1.29, 1.82) is 0 Å². The van der Waals surface area contributed by atoms with Gasteiger partial charge in [0.1, 0.15) is 0 Å². The number of rotatable bonds is 4. The number of halogens is 2. The topological polar surface area (TPSA) is 76.9 Å². The molecule has 9 heteroatoms. The molecule has 108 valence electrons. The maximum absolute atomic E-state index is 13.6. The number of hydrogen-bond donors (Lipinski definition) is 1. The number of imidazole rings is 1. The van der Waals surface area contributed by atoms with E-state index in [-0.39, 0.29) is 16.8 Å². The Morgan fingerprint density at radius 1 is 1.40 bits per heavy atom. The van der Waals surface area contributed by atoms with Crippen LogP contribution >= 0.6 is 11.6 Å². The lowest BCUT2D eigenvalue weighted by Crippen LogP contribution is -2.14. The summed E-state index contributed by atoms with van der Waals surface area (Å²) in [5.41, 5.74) is -0.274. The van der Waals surface area contributed by atoms with Gasteiger partial charge in [0.2, 0.25) is 0 Å². The fourth-order valence-electron chi connectivity index (χ4n) is 1.43. The molecule has 0 unspecified atom stereocenters. The summed E-state index contributed by atoms with van der Waals surface area (Å²) in [6.07, 6.45) is 3.97. The zero-order chi connectivity index (χ0) is 14.9. The summed E-state index contributed by atoms with van der Waals surface area (Å²) in [7, 11) is -3.97. The standard InChI is InChI=1S/C11H12ClFN4O2S/c1-7(2)17-5-9(15-6-17)20(18,19)16-8-3-4-14-11(12)10(8)13/h3-7H,1-2H3,(H,14,16). The Morgan fingerprint density at radius 2 is 2.10 bits per heavy atom. The highest BCUT2D eigenvalue weighted by Crippen LogP contribution is 2.22. The SMILES string of the molecule is CC(C)n1cnc(S(=O)(=O)Nc2ccnc(Cl)c2F)c1. The van der Waals surface area contributed by atoms with Crippen molar-refractivity contribution in [3.8, 4) is 0 Å². The summed E-state index contributed by atoms with van der Waals surface area (Å²) in [5, 5.41) is -0.601. The third-order valence-corrected chi connectivity index (χ3v) is 4.05. The van der Waals surface area contributed by atoms with Crippen molar-refractivity contribution in [3.05, 3.63) is 35.8 Å². The lowest BCUT2D eigenvalue weighted by Gasteiger charge is -2.07. The highest BCUT2D eigenvalue weighted by Gasteiger charge is 2.20. The average Bonchev–Trinajstić information content (AvgIpc) is 2.85. The first-order chi connectivity index (χ1) is 9.31. The van der Waals surface area contributed by atoms with Crippen molar-refractivity contribution >= 4 is 27.3 Å². The van der Waals surface area contributed by atoms with E-state index >= 15 is 0 Å². The smallest absolute Gasteiger partial charge is 0.281 e. The Kier molecular flexibility index (Phi) is 3.96. The molecule has 0 spiro atoms. The van der Waals surface area contributed by atoms with Crippen molar-refractivity contribution in [3.63, 3.8) is 0 Å². The van der Waals surface area contributed by atoms with Gasteiger partial charge in [-0.2, -0.15) is 8.42 Å². The maximum atomic E-state index is 13.6. The van der Waals surface area contributed by atoms with Crippen molar-refractivity contribution < 1.29 is 12.8 Å². The second-order valence-electron chi connectivity index (χ2n) is 4.32. The summed E-state index contributed by atoms with van der Waals surface area (Å²) in [6, 6.07) is 1.25. The molecule has 2 rings (SSSR count). The lowest BCUT2D eigenvalue weighted by atomic mass is 10.4. The molecule has 2 aromatic rings. The van der Waals surface area contributed by atoms with Crippen LogP contribution in [0.5, 0.6) is 0 Å². The first-order valence-electron chi connectivity index (χ1n) is 5.67. The van der Waals surface area contributed by atoms with Crippen molar-refractivity contribution in [1.82, 2.24) is 14.5 Å².